The standard InChI is InChI=1S/C96H171N3O41/c1-7-9-11-13-15-17-19-21-22-23-24-25-26-27-28-29-30-32-34-36-38-40-42-44-64(109)99-56(57(108)43-41-39-37-35-33-31-20-18-16-14-12-10-8-2)51-125-91-79(122)76(119)82(62(49-104)133-91)134-94-80(123)86(71(114)60(47-102)129-94)138-89-65(97-54(5)106)84(70(113)59(46-101)128-89)136-95-81(124)87(72(115)61(48-103)130-95)139-90-66(98-55(6)107)85(137-92-77(120)73(116)67(110)52(3)126-92)83(63(50-105)132-90)135-96-88(75(118)69(112)58(45-100)131-96)140-93-78(121)74(117)68(111)53(4)127-93/h21-22,41,43,52-53,56-63,65-96,100-105,108,110-124H,7-20,23-40,42,44-51H2,1-6H3,(H,97,106)(H,98,107)(H,99,109)/b22-21-,43-41+/t52?,53?,56-,57+,58?,59?,60?,61?,62?,63?,65?,66?,67+,68+,69-,70+,71-,72-,73?,74?,75-,76+,77-,78-,79?,80?,81?,82+,83+,84+,85+,86-,87-,88?,89-,90-,91+,92+,93+,94-,95-,96-/m0/s1. The molecule has 8 heterocycles. The molecule has 8 saturated heterocycles. The quantitative estimate of drug-likeness (QED) is 0.0235. The summed E-state index contributed by atoms with van der Waals surface area (Å²) in [4.78, 5) is 40.7. The summed E-state index contributed by atoms with van der Waals surface area (Å²) in [6, 6.07) is -5.06. The van der Waals surface area contributed by atoms with Gasteiger partial charge in [0.2, 0.25) is 17.7 Å². The summed E-state index contributed by atoms with van der Waals surface area (Å²) in [5, 5.41) is 258. The van der Waals surface area contributed by atoms with Crippen LogP contribution < -0.4 is 16.0 Å². The Morgan fingerprint density at radius 2 is 0.600 bits per heavy atom. The van der Waals surface area contributed by atoms with Crippen molar-refractivity contribution in [2.75, 3.05) is 46.2 Å². The molecule has 44 heteroatoms. The van der Waals surface area contributed by atoms with Crippen molar-refractivity contribution in [1.29, 1.82) is 0 Å². The largest absolute Gasteiger partial charge is 0.394 e. The van der Waals surface area contributed by atoms with E-state index in [1.807, 2.05) is 6.08 Å². The van der Waals surface area contributed by atoms with E-state index in [-0.39, 0.29) is 12.3 Å². The van der Waals surface area contributed by atoms with Crippen molar-refractivity contribution in [2.45, 2.75) is 518 Å². The Morgan fingerprint density at radius 3 is 1.03 bits per heavy atom. The van der Waals surface area contributed by atoms with Crippen molar-refractivity contribution >= 4 is 17.7 Å². The van der Waals surface area contributed by atoms with E-state index in [0.717, 1.165) is 78.1 Å². The molecule has 25 N–H and O–H groups in total. The number of nitrogens with one attached hydrogen (secondary N) is 3. The Morgan fingerprint density at radius 1 is 0.293 bits per heavy atom. The lowest BCUT2D eigenvalue weighted by Gasteiger charge is -2.52. The minimum absolute atomic E-state index is 0.146. The molecule has 16 unspecified atom stereocenters. The maximum atomic E-state index is 13.7. The highest BCUT2D eigenvalue weighted by Gasteiger charge is 2.61. The first-order valence-electron chi connectivity index (χ1n) is 51.4. The second-order valence-electron chi connectivity index (χ2n) is 38.7. The van der Waals surface area contributed by atoms with Crippen LogP contribution in [-0.4, -0.2) is 434 Å². The summed E-state index contributed by atoms with van der Waals surface area (Å²) in [5.74, 6) is -2.28. The number of carbonyl (C=O) groups is 3. The number of hydrogen-bond acceptors (Lipinski definition) is 41. The number of aliphatic hydroxyl groups is 22. The van der Waals surface area contributed by atoms with Crippen LogP contribution in [0.15, 0.2) is 24.3 Å². The molecule has 8 aliphatic heterocycles. The highest BCUT2D eigenvalue weighted by atomic mass is 16.8. The number of unbranched alkanes of at least 4 members (excludes halogenated alkanes) is 30. The zero-order chi connectivity index (χ0) is 102. The molecule has 42 atom stereocenters. The monoisotopic (exact) mass is 2020 g/mol. The van der Waals surface area contributed by atoms with Crippen molar-refractivity contribution in [3.63, 3.8) is 0 Å². The second kappa shape index (κ2) is 64.0. The Bertz CT molecular complexity index is 3430. The van der Waals surface area contributed by atoms with Gasteiger partial charge in [-0.2, -0.15) is 0 Å². The molecule has 0 radical (unpaired) electrons. The average Bonchev–Trinajstić information content (AvgIpc) is 0.762. The Labute approximate surface area is 820 Å². The topological polar surface area (TPSA) is 680 Å². The molecular weight excluding hydrogens is 1850 g/mol. The maximum Gasteiger partial charge on any atom is 0.220 e. The van der Waals surface area contributed by atoms with Crippen LogP contribution in [0.3, 0.4) is 0 Å². The van der Waals surface area contributed by atoms with Crippen molar-refractivity contribution in [2.24, 2.45) is 0 Å². The molecule has 0 aromatic carbocycles. The molecule has 816 valence electrons. The van der Waals surface area contributed by atoms with E-state index in [9.17, 15) is 127 Å². The Hall–Kier alpha value is -3.63. The van der Waals surface area contributed by atoms with Crippen molar-refractivity contribution in [3.8, 4) is 0 Å². The summed E-state index contributed by atoms with van der Waals surface area (Å²) in [5.41, 5.74) is 0. The molecule has 8 fully saturated rings. The first-order valence-corrected chi connectivity index (χ1v) is 51.4. The summed E-state index contributed by atoms with van der Waals surface area (Å²) >= 11 is 0. The SMILES string of the molecule is CCCCCCCC/C=C\CCCCCCCCCCCCCCCC(=O)N[C@@H](CO[C@@H]1OC(CO)[C@@H](O[C@@H]2OC(CO)[C@H](O)[C@H](O[C@@H]3OC(CO)[C@@H](O)[C@H](O[C@@H]4OC(CO)[C@H](O)[C@H](O[C@@H]5OC(CO)[C@@H](O[C@@H]6OC(CO)[C@H](O)[C@H](O)C6O[C@H]6OC(C)[C@@H](O)C(O)[C@@H]6O)[C@H](O[C@H]6OC(C)[C@@H](O)C(O)[C@@H]6O)C5NC(C)=O)C4O)C3NC(C)=O)C2O)[C@H](O)C1O)[C@H](O)/C=C/CCCCCCCCCCCCC. The maximum absolute atomic E-state index is 13.7. The fraction of sp³-hybridized carbons (Fsp3) is 0.927. The van der Waals surface area contributed by atoms with Crippen LogP contribution in [-0.2, 0) is 90.2 Å². The Kier molecular flexibility index (Phi) is 55.6. The van der Waals surface area contributed by atoms with E-state index in [0.29, 0.717) is 12.8 Å². The van der Waals surface area contributed by atoms with Gasteiger partial charge in [-0.15, -0.1) is 0 Å². The summed E-state index contributed by atoms with van der Waals surface area (Å²) in [7, 11) is 0. The third-order valence-corrected chi connectivity index (χ3v) is 27.5. The molecule has 0 aromatic heterocycles. The second-order valence-corrected chi connectivity index (χ2v) is 38.7. The van der Waals surface area contributed by atoms with Crippen molar-refractivity contribution in [3.05, 3.63) is 24.3 Å². The van der Waals surface area contributed by atoms with Crippen LogP contribution in [0.5, 0.6) is 0 Å². The van der Waals surface area contributed by atoms with Gasteiger partial charge < -0.3 is 204 Å². The molecule has 0 saturated carbocycles. The van der Waals surface area contributed by atoms with Gasteiger partial charge in [0.25, 0.3) is 0 Å². The van der Waals surface area contributed by atoms with Gasteiger partial charge in [0.15, 0.2) is 50.3 Å². The number of aliphatic hydroxyl groups excluding tert-OH is 22. The average molecular weight is 2020 g/mol. The molecule has 44 nitrogen and oxygen atoms in total. The zero-order valence-corrected chi connectivity index (χ0v) is 82.1. The van der Waals surface area contributed by atoms with Crippen LogP contribution >= 0.6 is 0 Å². The van der Waals surface area contributed by atoms with Gasteiger partial charge in [-0.3, -0.25) is 14.4 Å². The predicted molar refractivity (Wildman–Crippen MR) is 493 cm³/mol. The van der Waals surface area contributed by atoms with Crippen molar-refractivity contribution < 1.29 is 203 Å². The minimum Gasteiger partial charge on any atom is -0.394 e. The number of carbonyl (C=O) groups excluding carboxylic acids is 3. The van der Waals surface area contributed by atoms with Gasteiger partial charge >= 0.3 is 0 Å². The molecule has 140 heavy (non-hydrogen) atoms. The van der Waals surface area contributed by atoms with Crippen LogP contribution in [0.2, 0.25) is 0 Å². The van der Waals surface area contributed by atoms with E-state index in [2.05, 4.69) is 41.9 Å². The Balaban J connectivity index is 0.933. The highest BCUT2D eigenvalue weighted by molar-refractivity contribution is 5.76. The van der Waals surface area contributed by atoms with Gasteiger partial charge in [-0.25, -0.2) is 0 Å². The highest BCUT2D eigenvalue weighted by Crippen LogP contribution is 2.41. The van der Waals surface area contributed by atoms with Crippen molar-refractivity contribution in [1.82, 2.24) is 16.0 Å². The van der Waals surface area contributed by atoms with Gasteiger partial charge in [-0.1, -0.05) is 205 Å². The zero-order valence-electron chi connectivity index (χ0n) is 82.1. The van der Waals surface area contributed by atoms with Gasteiger partial charge in [0, 0.05) is 20.3 Å². The summed E-state index contributed by atoms with van der Waals surface area (Å²) in [6.07, 6.45) is -31.0. The molecule has 8 aliphatic rings. The van der Waals surface area contributed by atoms with Gasteiger partial charge in [0.05, 0.1) is 70.6 Å². The molecular formula is C96H171N3O41. The minimum atomic E-state index is -2.44. The number of rotatable bonds is 63. The van der Waals surface area contributed by atoms with E-state index in [1.165, 1.54) is 149 Å². The first-order chi connectivity index (χ1) is 67.2. The molecule has 0 bridgehead atoms. The molecule has 0 spiro atoms. The van der Waals surface area contributed by atoms with E-state index >= 15 is 0 Å². The fourth-order valence-electron chi connectivity index (χ4n) is 19.0. The van der Waals surface area contributed by atoms with Crippen LogP contribution in [0.4, 0.5) is 0 Å². The third-order valence-electron chi connectivity index (χ3n) is 27.5. The van der Waals surface area contributed by atoms with E-state index < -0.39 is 316 Å². The lowest BCUT2D eigenvalue weighted by molar-refractivity contribution is -0.401. The predicted octanol–water partition coefficient (Wildman–Crippen LogP) is -1.82. The summed E-state index contributed by atoms with van der Waals surface area (Å²) in [6.45, 7) is 1.87. The summed E-state index contributed by atoms with van der Waals surface area (Å²) < 4.78 is 97.1. The number of allylic oxidation sites excluding steroid dienone is 3. The molecule has 8 rings (SSSR count). The van der Waals surface area contributed by atoms with E-state index in [4.69, 9.17) is 75.8 Å². The smallest absolute Gasteiger partial charge is 0.220 e. The normalized spacial score (nSPS) is 38.9. The van der Waals surface area contributed by atoms with Gasteiger partial charge in [-0.05, 0) is 58.8 Å². The molecule has 0 aromatic rings. The number of amides is 3. The number of ether oxygens (including phenoxy) is 16. The molecule has 3 amide bonds. The van der Waals surface area contributed by atoms with Gasteiger partial charge in [0.1, 0.15) is 183 Å². The lowest BCUT2D eigenvalue weighted by Crippen LogP contribution is -2.72. The third kappa shape index (κ3) is 36.1. The molecule has 0 aliphatic carbocycles. The van der Waals surface area contributed by atoms with Crippen LogP contribution in [0, 0.1) is 0 Å². The first kappa shape index (κ1) is 122. The fourth-order valence-corrected chi connectivity index (χ4v) is 19.0. The lowest BCUT2D eigenvalue weighted by atomic mass is 9.93. The number of hydrogen-bond donors (Lipinski definition) is 25. The van der Waals surface area contributed by atoms with Crippen LogP contribution in [0.25, 0.3) is 0 Å². The van der Waals surface area contributed by atoms with E-state index in [1.54, 1.807) is 6.08 Å². The van der Waals surface area contributed by atoms with Crippen LogP contribution in [0.1, 0.15) is 260 Å².